The molecule has 1 amide bonds. The number of sulfonamides is 1. The van der Waals surface area contributed by atoms with Gasteiger partial charge in [-0.3, -0.25) is 19.3 Å². The number of carbonyl (C=O) groups excluding carboxylic acids is 2. The van der Waals surface area contributed by atoms with Gasteiger partial charge in [-0.15, -0.1) is 0 Å². The molecule has 8 nitrogen and oxygen atoms in total. The van der Waals surface area contributed by atoms with Crippen molar-refractivity contribution in [2.45, 2.75) is 37.2 Å². The van der Waals surface area contributed by atoms with Gasteiger partial charge in [-0.2, -0.15) is 0 Å². The number of carbonyl (C=O) groups is 2. The number of esters is 1. The summed E-state index contributed by atoms with van der Waals surface area (Å²) in [6.45, 7) is 3.03. The molecule has 2 heterocycles. The van der Waals surface area contributed by atoms with Gasteiger partial charge >= 0.3 is 5.97 Å². The van der Waals surface area contributed by atoms with Crippen LogP contribution in [-0.4, -0.2) is 56.8 Å². The molecule has 1 atom stereocenters. The van der Waals surface area contributed by atoms with E-state index in [0.717, 1.165) is 12.8 Å². The van der Waals surface area contributed by atoms with E-state index in [1.807, 2.05) is 0 Å². The molecule has 0 spiro atoms. The second-order valence-corrected chi connectivity index (χ2v) is 7.90. The number of hydrogen-bond acceptors (Lipinski definition) is 6. The predicted octanol–water partition coefficient (Wildman–Crippen LogP) is 0.669. The first-order valence-corrected chi connectivity index (χ1v) is 10.0. The maximum atomic E-state index is 12.1. The normalized spacial score (nSPS) is 20.5. The maximum absolute atomic E-state index is 12.1. The van der Waals surface area contributed by atoms with E-state index in [0.29, 0.717) is 18.7 Å². The van der Waals surface area contributed by atoms with Gasteiger partial charge in [0.1, 0.15) is 5.84 Å². The van der Waals surface area contributed by atoms with E-state index in [-0.39, 0.29) is 29.6 Å². The fraction of sp³-hybridized carbons (Fsp3) is 0.471. The number of hydrogen-bond donors (Lipinski definition) is 1. The van der Waals surface area contributed by atoms with Crippen LogP contribution in [0.2, 0.25) is 0 Å². The molecule has 0 aromatic heterocycles. The van der Waals surface area contributed by atoms with Gasteiger partial charge in [-0.1, -0.05) is 12.1 Å². The van der Waals surface area contributed by atoms with Crippen molar-refractivity contribution in [2.75, 3.05) is 19.6 Å². The van der Waals surface area contributed by atoms with E-state index < -0.39 is 22.1 Å². The summed E-state index contributed by atoms with van der Waals surface area (Å²) in [6, 6.07) is 6.51. The van der Waals surface area contributed by atoms with Crippen LogP contribution in [0.15, 0.2) is 34.2 Å². The molecule has 1 saturated heterocycles. The lowest BCUT2D eigenvalue weighted by Gasteiger charge is -2.20. The molecule has 3 rings (SSSR count). The monoisotopic (exact) mass is 379 g/mol. The molecule has 2 aliphatic heterocycles. The Morgan fingerprint density at radius 1 is 1.27 bits per heavy atom. The van der Waals surface area contributed by atoms with Crippen molar-refractivity contribution in [1.29, 1.82) is 0 Å². The fourth-order valence-electron chi connectivity index (χ4n) is 3.01. The molecule has 0 radical (unpaired) electrons. The largest absolute Gasteiger partial charge is 0.452 e. The lowest BCUT2D eigenvalue weighted by Crippen LogP contribution is -2.38. The Bertz CT molecular complexity index is 844. The summed E-state index contributed by atoms with van der Waals surface area (Å²) in [4.78, 5) is 30.1. The van der Waals surface area contributed by atoms with Crippen LogP contribution in [0.25, 0.3) is 0 Å². The first-order chi connectivity index (χ1) is 12.4. The first-order valence-electron chi connectivity index (χ1n) is 8.53. The molecule has 0 aliphatic carbocycles. The highest BCUT2D eigenvalue weighted by Gasteiger charge is 2.30. The minimum Gasteiger partial charge on any atom is -0.452 e. The van der Waals surface area contributed by atoms with Crippen LogP contribution in [0.4, 0.5) is 0 Å². The standard InChI is InChI=1S/C17H21N3O5S/c1-12(17(22)20-10-4-5-11-20)25-15(21)8-9-18-16-13-6-2-3-7-14(13)26(23,24)19-16/h2-3,6-7,12H,4-5,8-11H2,1H3,(H,18,19)/t12-/m1/s1. The van der Waals surface area contributed by atoms with Gasteiger partial charge in [0.05, 0.1) is 17.9 Å². The molecular formula is C17H21N3O5S. The van der Waals surface area contributed by atoms with Crippen LogP contribution in [0.5, 0.6) is 0 Å². The zero-order chi connectivity index (χ0) is 18.7. The topological polar surface area (TPSA) is 105 Å². The lowest BCUT2D eigenvalue weighted by molar-refractivity contribution is -0.158. The van der Waals surface area contributed by atoms with Crippen molar-refractivity contribution in [1.82, 2.24) is 9.62 Å². The highest BCUT2D eigenvalue weighted by molar-refractivity contribution is 7.90. The summed E-state index contributed by atoms with van der Waals surface area (Å²) in [5.41, 5.74) is 0.485. The Hall–Kier alpha value is -2.42. The van der Waals surface area contributed by atoms with Crippen LogP contribution in [0.1, 0.15) is 31.7 Å². The summed E-state index contributed by atoms with van der Waals surface area (Å²) in [5, 5.41) is 0. The van der Waals surface area contributed by atoms with Crippen LogP contribution in [0.3, 0.4) is 0 Å². The van der Waals surface area contributed by atoms with E-state index in [2.05, 4.69) is 9.71 Å². The predicted molar refractivity (Wildman–Crippen MR) is 94.2 cm³/mol. The van der Waals surface area contributed by atoms with E-state index in [4.69, 9.17) is 4.74 Å². The van der Waals surface area contributed by atoms with Gasteiger partial charge in [0.15, 0.2) is 6.10 Å². The molecule has 0 saturated carbocycles. The third-order valence-corrected chi connectivity index (χ3v) is 5.72. The fourth-order valence-corrected chi connectivity index (χ4v) is 4.26. The SMILES string of the molecule is C[C@@H](OC(=O)CCN=C1NS(=O)(=O)c2ccccc21)C(=O)N1CCCC1. The van der Waals surface area contributed by atoms with E-state index in [9.17, 15) is 18.0 Å². The molecule has 9 heteroatoms. The van der Waals surface area contributed by atoms with E-state index in [1.165, 1.54) is 6.07 Å². The van der Waals surface area contributed by atoms with E-state index in [1.54, 1.807) is 30.0 Å². The molecule has 26 heavy (non-hydrogen) atoms. The van der Waals surface area contributed by atoms with Crippen LogP contribution in [-0.2, 0) is 24.3 Å². The number of benzene rings is 1. The second-order valence-electron chi connectivity index (χ2n) is 6.25. The van der Waals surface area contributed by atoms with E-state index >= 15 is 0 Å². The van der Waals surface area contributed by atoms with Crippen molar-refractivity contribution >= 4 is 27.7 Å². The summed E-state index contributed by atoms with van der Waals surface area (Å²) < 4.78 is 31.5. The number of nitrogens with zero attached hydrogens (tertiary/aromatic N) is 2. The van der Waals surface area contributed by atoms with Crippen molar-refractivity contribution in [3.63, 3.8) is 0 Å². The van der Waals surface area contributed by atoms with Crippen LogP contribution >= 0.6 is 0 Å². The Labute approximate surface area is 152 Å². The van der Waals surface area contributed by atoms with Crippen molar-refractivity contribution in [3.05, 3.63) is 29.8 Å². The zero-order valence-corrected chi connectivity index (χ0v) is 15.3. The van der Waals surface area contributed by atoms with Crippen LogP contribution < -0.4 is 4.72 Å². The molecule has 1 aromatic carbocycles. The van der Waals surface area contributed by atoms with Gasteiger partial charge in [0.25, 0.3) is 15.9 Å². The molecule has 0 unspecified atom stereocenters. The Morgan fingerprint density at radius 3 is 2.69 bits per heavy atom. The van der Waals surface area contributed by atoms with Crippen molar-refractivity contribution in [2.24, 2.45) is 4.99 Å². The number of amides is 1. The summed E-state index contributed by atoms with van der Waals surface area (Å²) in [6.07, 6.45) is 1.09. The molecule has 2 aliphatic rings. The Kier molecular flexibility index (Phi) is 5.26. The van der Waals surface area contributed by atoms with Gasteiger partial charge in [-0.25, -0.2) is 8.42 Å². The average molecular weight is 379 g/mol. The number of aliphatic imine (C=N–C) groups is 1. The molecule has 1 N–H and O–H groups in total. The molecule has 0 bridgehead atoms. The van der Waals surface area contributed by atoms with Crippen molar-refractivity contribution in [3.8, 4) is 0 Å². The molecule has 140 valence electrons. The highest BCUT2D eigenvalue weighted by atomic mass is 32.2. The highest BCUT2D eigenvalue weighted by Crippen LogP contribution is 2.22. The quantitative estimate of drug-likeness (QED) is 0.757. The summed E-state index contributed by atoms with van der Waals surface area (Å²) in [7, 11) is -3.59. The first kappa shape index (κ1) is 18.4. The molecule has 1 fully saturated rings. The minimum atomic E-state index is -3.59. The molecule has 1 aromatic rings. The zero-order valence-electron chi connectivity index (χ0n) is 14.5. The number of ether oxygens (including phenoxy) is 1. The molecular weight excluding hydrogens is 358 g/mol. The smallest absolute Gasteiger partial charge is 0.308 e. The maximum Gasteiger partial charge on any atom is 0.308 e. The Morgan fingerprint density at radius 2 is 1.96 bits per heavy atom. The summed E-state index contributed by atoms with van der Waals surface area (Å²) in [5.74, 6) is -0.502. The third-order valence-electron chi connectivity index (χ3n) is 4.32. The van der Waals surface area contributed by atoms with Crippen molar-refractivity contribution < 1.29 is 22.7 Å². The number of fused-ring (bicyclic) bond motifs is 1. The van der Waals surface area contributed by atoms with Gasteiger partial charge in [0.2, 0.25) is 0 Å². The average Bonchev–Trinajstić information content (AvgIpc) is 3.22. The van der Waals surface area contributed by atoms with Gasteiger partial charge in [-0.05, 0) is 31.9 Å². The number of likely N-dealkylation sites (tertiary alicyclic amines) is 1. The third kappa shape index (κ3) is 3.87. The minimum absolute atomic E-state index is 0.0367. The lowest BCUT2D eigenvalue weighted by atomic mass is 10.2. The summed E-state index contributed by atoms with van der Waals surface area (Å²) >= 11 is 0. The number of amidine groups is 1. The van der Waals surface area contributed by atoms with Gasteiger partial charge in [0, 0.05) is 18.7 Å². The van der Waals surface area contributed by atoms with Crippen LogP contribution in [0, 0.1) is 0 Å². The number of rotatable bonds is 5. The van der Waals surface area contributed by atoms with Gasteiger partial charge < -0.3 is 9.64 Å². The Balaban J connectivity index is 1.54. The number of nitrogens with one attached hydrogen (secondary N) is 1. The second kappa shape index (κ2) is 7.45.